The first kappa shape index (κ1) is 21.3. The van der Waals surface area contributed by atoms with E-state index in [0.717, 1.165) is 16.4 Å². The van der Waals surface area contributed by atoms with Crippen LogP contribution in [0.2, 0.25) is 5.02 Å². The van der Waals surface area contributed by atoms with E-state index in [0.29, 0.717) is 12.5 Å². The molecule has 1 fully saturated rings. The molecule has 11 heteroatoms. The minimum Gasteiger partial charge on any atom is -0.352 e. The van der Waals surface area contributed by atoms with Gasteiger partial charge in [-0.3, -0.25) is 4.79 Å². The van der Waals surface area contributed by atoms with E-state index in [1.165, 1.54) is 11.8 Å². The fourth-order valence-electron chi connectivity index (χ4n) is 2.33. The Hall–Kier alpha value is -0.970. The average molecular weight is 431 g/mol. The summed E-state index contributed by atoms with van der Waals surface area (Å²) in [5.41, 5.74) is -1.23. The lowest BCUT2D eigenvalue weighted by Crippen LogP contribution is -2.49. The Kier molecular flexibility index (Phi) is 6.53. The zero-order chi connectivity index (χ0) is 19.7. The van der Waals surface area contributed by atoms with Gasteiger partial charge in [0.1, 0.15) is 6.04 Å². The van der Waals surface area contributed by atoms with Gasteiger partial charge in [-0.05, 0) is 31.5 Å². The van der Waals surface area contributed by atoms with Crippen LogP contribution in [0.4, 0.5) is 13.2 Å². The lowest BCUT2D eigenvalue weighted by atomic mass is 10.2. The lowest BCUT2D eigenvalue weighted by molar-refractivity contribution is -0.137. The highest BCUT2D eigenvalue weighted by atomic mass is 35.5. The van der Waals surface area contributed by atoms with E-state index in [-0.39, 0.29) is 17.7 Å². The van der Waals surface area contributed by atoms with Crippen molar-refractivity contribution in [3.8, 4) is 0 Å². The predicted octanol–water partition coefficient (Wildman–Crippen LogP) is 3.34. The average Bonchev–Trinajstić information content (AvgIpc) is 3.04. The van der Waals surface area contributed by atoms with Crippen molar-refractivity contribution in [3.05, 3.63) is 28.8 Å². The third-order valence-corrected chi connectivity index (χ3v) is 7.35. The van der Waals surface area contributed by atoms with Crippen LogP contribution in [0, 0.1) is 0 Å². The number of carbonyl (C=O) groups excluding carboxylic acids is 1. The minimum absolute atomic E-state index is 0.00902. The fourth-order valence-corrected chi connectivity index (χ4v) is 5.73. The van der Waals surface area contributed by atoms with E-state index in [9.17, 15) is 26.4 Å². The van der Waals surface area contributed by atoms with Crippen molar-refractivity contribution in [2.75, 3.05) is 11.6 Å². The number of nitrogens with zero attached hydrogens (tertiary/aromatic N) is 1. The number of rotatable bonds is 5. The molecule has 0 bridgehead atoms. The lowest BCUT2D eigenvalue weighted by Gasteiger charge is -2.24. The summed E-state index contributed by atoms with van der Waals surface area (Å²) < 4.78 is 65.6. The quantitative estimate of drug-likeness (QED) is 0.778. The second kappa shape index (κ2) is 7.95. The molecule has 2 rings (SSSR count). The van der Waals surface area contributed by atoms with E-state index in [4.69, 9.17) is 11.6 Å². The molecule has 26 heavy (non-hydrogen) atoms. The van der Waals surface area contributed by atoms with Gasteiger partial charge in [0, 0.05) is 11.8 Å². The number of thioether (sulfide) groups is 1. The number of nitrogens with one attached hydrogen (secondary N) is 1. The number of hydrogen-bond donors (Lipinski definition) is 1. The standard InChI is InChI=1S/C15H18ClF3N2O3S2/c1-3-9(2)20-14(22)13-7-25-8-21(13)26(23,24)10-4-5-12(16)11(6-10)15(17,18)19/h4-6,9,13H,3,7-8H2,1-2H3,(H,20,22). The van der Waals surface area contributed by atoms with Crippen molar-refractivity contribution in [1.82, 2.24) is 9.62 Å². The summed E-state index contributed by atoms with van der Waals surface area (Å²) in [7, 11) is -4.28. The zero-order valence-electron chi connectivity index (χ0n) is 14.0. The Labute approximate surface area is 159 Å². The van der Waals surface area contributed by atoms with Gasteiger partial charge in [0.15, 0.2) is 0 Å². The van der Waals surface area contributed by atoms with Gasteiger partial charge in [-0.2, -0.15) is 17.5 Å². The molecular weight excluding hydrogens is 413 g/mol. The van der Waals surface area contributed by atoms with Crippen LogP contribution in [0.1, 0.15) is 25.8 Å². The maximum absolute atomic E-state index is 13.0. The molecule has 2 unspecified atom stereocenters. The predicted molar refractivity (Wildman–Crippen MR) is 94.5 cm³/mol. The van der Waals surface area contributed by atoms with Gasteiger partial charge in [0.05, 0.1) is 21.4 Å². The van der Waals surface area contributed by atoms with Crippen molar-refractivity contribution in [2.45, 2.75) is 43.4 Å². The van der Waals surface area contributed by atoms with Crippen LogP contribution in [0.5, 0.6) is 0 Å². The van der Waals surface area contributed by atoms with Crippen LogP contribution in [-0.4, -0.2) is 42.3 Å². The van der Waals surface area contributed by atoms with Gasteiger partial charge in [-0.1, -0.05) is 18.5 Å². The normalized spacial score (nSPS) is 20.2. The molecule has 1 aromatic rings. The minimum atomic E-state index is -4.78. The molecule has 1 aliphatic rings. The summed E-state index contributed by atoms with van der Waals surface area (Å²) in [5, 5.41) is 2.13. The van der Waals surface area contributed by atoms with Crippen LogP contribution in [0.15, 0.2) is 23.1 Å². The molecule has 0 radical (unpaired) electrons. The molecule has 1 N–H and O–H groups in total. The number of halogens is 4. The van der Waals surface area contributed by atoms with Crippen LogP contribution < -0.4 is 5.32 Å². The monoisotopic (exact) mass is 430 g/mol. The van der Waals surface area contributed by atoms with E-state index >= 15 is 0 Å². The van der Waals surface area contributed by atoms with Gasteiger partial charge >= 0.3 is 6.18 Å². The van der Waals surface area contributed by atoms with Gasteiger partial charge in [-0.15, -0.1) is 11.8 Å². The van der Waals surface area contributed by atoms with Crippen molar-refractivity contribution < 1.29 is 26.4 Å². The number of carbonyl (C=O) groups is 1. The summed E-state index contributed by atoms with van der Waals surface area (Å²) >= 11 is 6.77. The molecular formula is C15H18ClF3N2O3S2. The van der Waals surface area contributed by atoms with Gasteiger partial charge in [-0.25, -0.2) is 8.42 Å². The van der Waals surface area contributed by atoms with Crippen LogP contribution in [0.25, 0.3) is 0 Å². The Morgan fingerprint density at radius 2 is 2.12 bits per heavy atom. The topological polar surface area (TPSA) is 66.5 Å². The van der Waals surface area contributed by atoms with E-state index in [2.05, 4.69) is 5.32 Å². The molecule has 1 amide bonds. The number of sulfonamides is 1. The largest absolute Gasteiger partial charge is 0.417 e. The molecule has 1 aliphatic heterocycles. The summed E-state index contributed by atoms with van der Waals surface area (Å²) in [4.78, 5) is 11.8. The van der Waals surface area contributed by atoms with E-state index < -0.39 is 43.6 Å². The van der Waals surface area contributed by atoms with Crippen molar-refractivity contribution >= 4 is 39.3 Å². The zero-order valence-corrected chi connectivity index (χ0v) is 16.4. The van der Waals surface area contributed by atoms with Gasteiger partial charge in [0.25, 0.3) is 0 Å². The molecule has 2 atom stereocenters. The SMILES string of the molecule is CCC(C)NC(=O)C1CSCN1S(=O)(=O)c1ccc(Cl)c(C(F)(F)F)c1. The fraction of sp³-hybridized carbons (Fsp3) is 0.533. The Morgan fingerprint density at radius 1 is 1.46 bits per heavy atom. The first-order chi connectivity index (χ1) is 12.0. The molecule has 1 heterocycles. The van der Waals surface area contributed by atoms with Gasteiger partial charge in [0.2, 0.25) is 15.9 Å². The second-order valence-electron chi connectivity index (χ2n) is 5.87. The summed E-state index contributed by atoms with van der Waals surface area (Å²) in [5.74, 6) is -0.232. The van der Waals surface area contributed by atoms with Gasteiger partial charge < -0.3 is 5.32 Å². The molecule has 0 aliphatic carbocycles. The maximum atomic E-state index is 13.0. The van der Waals surface area contributed by atoms with Crippen LogP contribution in [-0.2, 0) is 21.0 Å². The van der Waals surface area contributed by atoms with Crippen LogP contribution >= 0.6 is 23.4 Å². The highest BCUT2D eigenvalue weighted by Gasteiger charge is 2.41. The molecule has 0 aromatic heterocycles. The summed E-state index contributed by atoms with van der Waals surface area (Å²) in [6, 6.07) is 1.31. The Bertz CT molecular complexity index is 787. The van der Waals surface area contributed by atoms with E-state index in [1.54, 1.807) is 6.92 Å². The molecule has 0 spiro atoms. The van der Waals surface area contributed by atoms with Crippen molar-refractivity contribution in [2.24, 2.45) is 0 Å². The first-order valence-corrected chi connectivity index (χ1v) is 10.7. The summed E-state index contributed by atoms with van der Waals surface area (Å²) in [6.45, 7) is 3.66. The maximum Gasteiger partial charge on any atom is 0.417 e. The van der Waals surface area contributed by atoms with Crippen LogP contribution in [0.3, 0.4) is 0 Å². The van der Waals surface area contributed by atoms with Crippen molar-refractivity contribution in [3.63, 3.8) is 0 Å². The smallest absolute Gasteiger partial charge is 0.352 e. The highest BCUT2D eigenvalue weighted by molar-refractivity contribution is 8.00. The number of benzene rings is 1. The molecule has 0 saturated carbocycles. The Morgan fingerprint density at radius 3 is 2.69 bits per heavy atom. The first-order valence-electron chi connectivity index (χ1n) is 7.75. The van der Waals surface area contributed by atoms with Crippen molar-refractivity contribution in [1.29, 1.82) is 0 Å². The number of hydrogen-bond acceptors (Lipinski definition) is 4. The molecule has 1 aromatic carbocycles. The molecule has 1 saturated heterocycles. The molecule has 146 valence electrons. The number of alkyl halides is 3. The van der Waals surface area contributed by atoms with E-state index in [1.807, 2.05) is 6.92 Å². The molecule has 5 nitrogen and oxygen atoms in total. The highest BCUT2D eigenvalue weighted by Crippen LogP contribution is 2.37. The third kappa shape index (κ3) is 4.47. The number of amides is 1. The second-order valence-corrected chi connectivity index (χ2v) is 9.16. The third-order valence-electron chi connectivity index (χ3n) is 4.00. The Balaban J connectivity index is 2.36. The summed E-state index contributed by atoms with van der Waals surface area (Å²) in [6.07, 6.45) is -4.11.